The van der Waals surface area contributed by atoms with Crippen LogP contribution >= 0.6 is 0 Å². The minimum atomic E-state index is -0.870. The van der Waals surface area contributed by atoms with Gasteiger partial charge in [0.1, 0.15) is 6.04 Å². The van der Waals surface area contributed by atoms with Gasteiger partial charge in [0.2, 0.25) is 0 Å². The highest BCUT2D eigenvalue weighted by Gasteiger charge is 2.37. The van der Waals surface area contributed by atoms with Gasteiger partial charge in [-0.3, -0.25) is 0 Å². The van der Waals surface area contributed by atoms with Gasteiger partial charge in [-0.15, -0.1) is 0 Å². The Morgan fingerprint density at radius 2 is 1.94 bits per heavy atom. The number of piperidine rings is 1. The summed E-state index contributed by atoms with van der Waals surface area (Å²) in [6.07, 6.45) is 4.70. The van der Waals surface area contributed by atoms with Crippen molar-refractivity contribution in [3.8, 4) is 0 Å². The van der Waals surface area contributed by atoms with E-state index in [2.05, 4.69) is 6.92 Å². The molecule has 2 fully saturated rings. The van der Waals surface area contributed by atoms with E-state index in [-0.39, 0.29) is 6.03 Å². The first-order chi connectivity index (χ1) is 8.63. The van der Waals surface area contributed by atoms with Crippen LogP contribution in [0.5, 0.6) is 0 Å². The van der Waals surface area contributed by atoms with E-state index in [9.17, 15) is 9.59 Å². The van der Waals surface area contributed by atoms with Crippen molar-refractivity contribution in [2.45, 2.75) is 45.1 Å². The van der Waals surface area contributed by atoms with Crippen molar-refractivity contribution in [1.82, 2.24) is 9.80 Å². The van der Waals surface area contributed by atoms with E-state index in [1.54, 1.807) is 4.90 Å². The first kappa shape index (κ1) is 13.2. The maximum atomic E-state index is 12.4. The molecule has 0 aromatic carbocycles. The fourth-order valence-corrected chi connectivity index (χ4v) is 3.01. The highest BCUT2D eigenvalue weighted by Crippen LogP contribution is 2.24. The van der Waals surface area contributed by atoms with Crippen LogP contribution in [0.2, 0.25) is 0 Å². The minimum absolute atomic E-state index is 0.0712. The number of hydrogen-bond donors (Lipinski definition) is 1. The molecule has 1 N–H and O–H groups in total. The summed E-state index contributed by atoms with van der Waals surface area (Å²) in [6, 6.07) is -0.683. The summed E-state index contributed by atoms with van der Waals surface area (Å²) in [5, 5.41) is 9.12. The predicted octanol–water partition coefficient (Wildman–Crippen LogP) is 1.78. The molecule has 0 saturated carbocycles. The largest absolute Gasteiger partial charge is 0.480 e. The van der Waals surface area contributed by atoms with Crippen LogP contribution in [0.15, 0.2) is 0 Å². The Labute approximate surface area is 108 Å². The summed E-state index contributed by atoms with van der Waals surface area (Å²) < 4.78 is 0. The third-order valence-corrected chi connectivity index (χ3v) is 4.15. The molecule has 0 bridgehead atoms. The Balaban J connectivity index is 1.99. The van der Waals surface area contributed by atoms with Gasteiger partial charge < -0.3 is 14.9 Å². The van der Waals surface area contributed by atoms with Gasteiger partial charge in [0.05, 0.1) is 0 Å². The quantitative estimate of drug-likeness (QED) is 0.817. The minimum Gasteiger partial charge on any atom is -0.480 e. The lowest BCUT2D eigenvalue weighted by Crippen LogP contribution is -2.50. The number of hydrogen-bond acceptors (Lipinski definition) is 2. The first-order valence-electron chi connectivity index (χ1n) is 6.91. The standard InChI is InChI=1S/C13H22N2O3/c1-2-10-5-3-7-14(9-10)13(18)15-8-4-6-11(15)12(16)17/h10-11H,2-9H2,1H3,(H,16,17)/t10?,11-/m0/s1. The highest BCUT2D eigenvalue weighted by molar-refractivity contribution is 5.83. The molecule has 5 nitrogen and oxygen atoms in total. The van der Waals surface area contributed by atoms with Crippen molar-refractivity contribution in [3.63, 3.8) is 0 Å². The normalized spacial score (nSPS) is 28.5. The monoisotopic (exact) mass is 254 g/mol. The molecule has 5 heteroatoms. The lowest BCUT2D eigenvalue weighted by molar-refractivity contribution is -0.141. The number of carbonyl (C=O) groups excluding carboxylic acids is 1. The fourth-order valence-electron chi connectivity index (χ4n) is 3.01. The molecule has 0 aliphatic carbocycles. The average molecular weight is 254 g/mol. The summed E-state index contributed by atoms with van der Waals surface area (Å²) in [6.45, 7) is 4.30. The molecule has 2 saturated heterocycles. The van der Waals surface area contributed by atoms with Crippen LogP contribution in [-0.2, 0) is 4.79 Å². The zero-order valence-electron chi connectivity index (χ0n) is 11.0. The third-order valence-electron chi connectivity index (χ3n) is 4.15. The van der Waals surface area contributed by atoms with E-state index in [0.717, 1.165) is 32.4 Å². The number of aliphatic carboxylic acids is 1. The lowest BCUT2D eigenvalue weighted by atomic mass is 9.96. The maximum Gasteiger partial charge on any atom is 0.326 e. The molecule has 2 aliphatic heterocycles. The molecule has 1 unspecified atom stereocenters. The molecule has 0 aromatic heterocycles. The second kappa shape index (κ2) is 5.59. The topological polar surface area (TPSA) is 60.9 Å². The Kier molecular flexibility index (Phi) is 4.09. The molecule has 102 valence electrons. The summed E-state index contributed by atoms with van der Waals surface area (Å²) >= 11 is 0. The van der Waals surface area contributed by atoms with Gasteiger partial charge in [-0.05, 0) is 31.6 Å². The van der Waals surface area contributed by atoms with Crippen LogP contribution in [0.25, 0.3) is 0 Å². The Hall–Kier alpha value is -1.26. The molecule has 2 heterocycles. The van der Waals surface area contributed by atoms with Crippen molar-refractivity contribution in [2.75, 3.05) is 19.6 Å². The van der Waals surface area contributed by atoms with E-state index < -0.39 is 12.0 Å². The van der Waals surface area contributed by atoms with E-state index >= 15 is 0 Å². The molecule has 0 spiro atoms. The van der Waals surface area contributed by atoms with Crippen molar-refractivity contribution < 1.29 is 14.7 Å². The molecule has 2 rings (SSSR count). The molecule has 2 amide bonds. The maximum absolute atomic E-state index is 12.4. The SMILES string of the molecule is CCC1CCCN(C(=O)N2CCC[C@H]2C(=O)O)C1. The zero-order valence-corrected chi connectivity index (χ0v) is 11.0. The van der Waals surface area contributed by atoms with Crippen LogP contribution in [0.1, 0.15) is 39.0 Å². The van der Waals surface area contributed by atoms with Crippen molar-refractivity contribution in [2.24, 2.45) is 5.92 Å². The number of rotatable bonds is 2. The van der Waals surface area contributed by atoms with Crippen LogP contribution in [0.4, 0.5) is 4.79 Å². The molecule has 2 atom stereocenters. The van der Waals surface area contributed by atoms with E-state index in [0.29, 0.717) is 18.9 Å². The van der Waals surface area contributed by atoms with Gasteiger partial charge in [0.15, 0.2) is 0 Å². The van der Waals surface area contributed by atoms with Crippen molar-refractivity contribution >= 4 is 12.0 Å². The lowest BCUT2D eigenvalue weighted by Gasteiger charge is -2.36. The number of nitrogens with zero attached hydrogens (tertiary/aromatic N) is 2. The number of amides is 2. The molecular weight excluding hydrogens is 232 g/mol. The Morgan fingerprint density at radius 1 is 1.22 bits per heavy atom. The van der Waals surface area contributed by atoms with Crippen LogP contribution < -0.4 is 0 Å². The average Bonchev–Trinajstić information content (AvgIpc) is 2.87. The molecule has 0 radical (unpaired) electrons. The zero-order chi connectivity index (χ0) is 13.1. The van der Waals surface area contributed by atoms with Crippen LogP contribution in [0.3, 0.4) is 0 Å². The van der Waals surface area contributed by atoms with E-state index in [1.807, 2.05) is 4.90 Å². The first-order valence-corrected chi connectivity index (χ1v) is 6.91. The second-order valence-corrected chi connectivity index (χ2v) is 5.33. The molecule has 2 aliphatic rings. The third kappa shape index (κ3) is 2.60. The number of carboxylic acids is 1. The Bertz CT molecular complexity index is 332. The van der Waals surface area contributed by atoms with Crippen LogP contribution in [-0.4, -0.2) is 52.6 Å². The summed E-state index contributed by atoms with van der Waals surface area (Å²) in [4.78, 5) is 26.9. The smallest absolute Gasteiger partial charge is 0.326 e. The molecular formula is C13H22N2O3. The second-order valence-electron chi connectivity index (χ2n) is 5.33. The molecule has 18 heavy (non-hydrogen) atoms. The fraction of sp³-hybridized carbons (Fsp3) is 0.846. The predicted molar refractivity (Wildman–Crippen MR) is 67.3 cm³/mol. The van der Waals surface area contributed by atoms with Gasteiger partial charge in [-0.25, -0.2) is 9.59 Å². The van der Waals surface area contributed by atoms with Crippen molar-refractivity contribution in [1.29, 1.82) is 0 Å². The van der Waals surface area contributed by atoms with Gasteiger partial charge >= 0.3 is 12.0 Å². The summed E-state index contributed by atoms with van der Waals surface area (Å²) in [5.41, 5.74) is 0. The van der Waals surface area contributed by atoms with Gasteiger partial charge in [-0.1, -0.05) is 13.3 Å². The van der Waals surface area contributed by atoms with Crippen molar-refractivity contribution in [3.05, 3.63) is 0 Å². The number of carbonyl (C=O) groups is 2. The van der Waals surface area contributed by atoms with Gasteiger partial charge in [-0.2, -0.15) is 0 Å². The highest BCUT2D eigenvalue weighted by atomic mass is 16.4. The van der Waals surface area contributed by atoms with E-state index in [1.165, 1.54) is 6.42 Å². The van der Waals surface area contributed by atoms with Gasteiger partial charge in [0.25, 0.3) is 0 Å². The Morgan fingerprint density at radius 3 is 2.61 bits per heavy atom. The van der Waals surface area contributed by atoms with Crippen LogP contribution in [0, 0.1) is 5.92 Å². The summed E-state index contributed by atoms with van der Waals surface area (Å²) in [7, 11) is 0. The number of likely N-dealkylation sites (tertiary alicyclic amines) is 2. The number of carboxylic acid groups (broad SMARTS) is 1. The molecule has 0 aromatic rings. The van der Waals surface area contributed by atoms with E-state index in [4.69, 9.17) is 5.11 Å². The number of urea groups is 1. The van der Waals surface area contributed by atoms with Gasteiger partial charge in [0, 0.05) is 19.6 Å². The summed E-state index contributed by atoms with van der Waals surface area (Å²) in [5.74, 6) is -0.293.